The average Bonchev–Trinajstić information content (AvgIpc) is 3.11. The Kier molecular flexibility index (Phi) is 3.75. The predicted molar refractivity (Wildman–Crippen MR) is 79.8 cm³/mol. The van der Waals surface area contributed by atoms with Crippen LogP contribution >= 0.6 is 11.6 Å². The first-order chi connectivity index (χ1) is 10.2. The highest BCUT2D eigenvalue weighted by Crippen LogP contribution is 2.11. The van der Waals surface area contributed by atoms with E-state index in [9.17, 15) is 4.79 Å². The smallest absolute Gasteiger partial charge is 0.244 e. The molecule has 0 atom stereocenters. The van der Waals surface area contributed by atoms with E-state index < -0.39 is 0 Å². The molecule has 6 heteroatoms. The second-order valence-corrected chi connectivity index (χ2v) is 4.85. The monoisotopic (exact) mass is 301 g/mol. The molecule has 3 heterocycles. The second kappa shape index (κ2) is 5.85. The maximum atomic E-state index is 11.7. The zero-order valence-corrected chi connectivity index (χ0v) is 11.7. The fraction of sp³-hybridized carbons (Fsp3) is 0.0667. The Morgan fingerprint density at radius 3 is 3.10 bits per heavy atom. The van der Waals surface area contributed by atoms with Crippen molar-refractivity contribution in [2.75, 3.05) is 0 Å². The fourth-order valence-electron chi connectivity index (χ4n) is 1.88. The number of aromatic nitrogens is 2. The first-order valence-electron chi connectivity index (χ1n) is 6.33. The minimum atomic E-state index is -0.207. The number of nitrogens with one attached hydrogen (secondary N) is 1. The molecule has 5 nitrogen and oxygen atoms in total. The topological polar surface area (TPSA) is 59.5 Å². The van der Waals surface area contributed by atoms with Gasteiger partial charge in [0.2, 0.25) is 5.91 Å². The quantitative estimate of drug-likeness (QED) is 0.754. The van der Waals surface area contributed by atoms with Gasteiger partial charge in [0, 0.05) is 18.5 Å². The molecule has 0 aliphatic rings. The molecule has 3 aromatic heterocycles. The van der Waals surface area contributed by atoms with Crippen LogP contribution in [0.5, 0.6) is 0 Å². The Balaban J connectivity index is 1.62. The molecule has 3 aromatic rings. The number of imidazole rings is 1. The van der Waals surface area contributed by atoms with Gasteiger partial charge in [0.25, 0.3) is 0 Å². The molecule has 1 amide bonds. The minimum Gasteiger partial charge on any atom is -0.465 e. The van der Waals surface area contributed by atoms with Gasteiger partial charge in [-0.2, -0.15) is 0 Å². The predicted octanol–water partition coefficient (Wildman–Crippen LogP) is 2.91. The summed E-state index contributed by atoms with van der Waals surface area (Å²) in [5, 5.41) is 3.40. The molecule has 106 valence electrons. The fourth-order valence-corrected chi connectivity index (χ4v) is 2.05. The molecular weight excluding hydrogens is 290 g/mol. The van der Waals surface area contributed by atoms with Gasteiger partial charge < -0.3 is 14.1 Å². The lowest BCUT2D eigenvalue weighted by molar-refractivity contribution is -0.116. The Labute approximate surface area is 125 Å². The van der Waals surface area contributed by atoms with Crippen molar-refractivity contribution in [1.29, 1.82) is 0 Å². The van der Waals surface area contributed by atoms with E-state index in [-0.39, 0.29) is 5.91 Å². The second-order valence-electron chi connectivity index (χ2n) is 4.41. The third-order valence-electron chi connectivity index (χ3n) is 2.85. The molecule has 1 N–H and O–H groups in total. The zero-order valence-electron chi connectivity index (χ0n) is 11.0. The van der Waals surface area contributed by atoms with Crippen molar-refractivity contribution in [2.24, 2.45) is 0 Å². The molecule has 0 aliphatic heterocycles. The summed E-state index contributed by atoms with van der Waals surface area (Å²) in [4.78, 5) is 16.1. The molecule has 21 heavy (non-hydrogen) atoms. The Morgan fingerprint density at radius 2 is 2.29 bits per heavy atom. The SMILES string of the molecule is O=C(/C=C/c1ccco1)NCc1cn2cc(Cl)ccc2n1. The van der Waals surface area contributed by atoms with Crippen molar-refractivity contribution in [3.63, 3.8) is 0 Å². The van der Waals surface area contributed by atoms with Crippen LogP contribution in [0.25, 0.3) is 11.7 Å². The van der Waals surface area contributed by atoms with Gasteiger partial charge in [0.15, 0.2) is 0 Å². The largest absolute Gasteiger partial charge is 0.465 e. The highest BCUT2D eigenvalue weighted by molar-refractivity contribution is 6.30. The minimum absolute atomic E-state index is 0.207. The van der Waals surface area contributed by atoms with Crippen LogP contribution in [0.3, 0.4) is 0 Å². The molecule has 0 saturated heterocycles. The van der Waals surface area contributed by atoms with E-state index in [4.69, 9.17) is 16.0 Å². The molecular formula is C15H12ClN3O2. The Morgan fingerprint density at radius 1 is 1.38 bits per heavy atom. The van der Waals surface area contributed by atoms with E-state index >= 15 is 0 Å². The number of hydrogen-bond acceptors (Lipinski definition) is 3. The van der Waals surface area contributed by atoms with Crippen LogP contribution in [0.2, 0.25) is 5.02 Å². The highest BCUT2D eigenvalue weighted by Gasteiger charge is 2.03. The van der Waals surface area contributed by atoms with Crippen LogP contribution in [-0.2, 0) is 11.3 Å². The zero-order chi connectivity index (χ0) is 14.7. The molecule has 0 unspecified atom stereocenters. The van der Waals surface area contributed by atoms with Gasteiger partial charge in [-0.05, 0) is 30.3 Å². The van der Waals surface area contributed by atoms with Crippen molar-refractivity contribution >= 4 is 29.2 Å². The summed E-state index contributed by atoms with van der Waals surface area (Å²) < 4.78 is 6.92. The molecule has 0 fully saturated rings. The number of furan rings is 1. The number of rotatable bonds is 4. The maximum absolute atomic E-state index is 11.7. The maximum Gasteiger partial charge on any atom is 0.244 e. The third kappa shape index (κ3) is 3.32. The highest BCUT2D eigenvalue weighted by atomic mass is 35.5. The van der Waals surface area contributed by atoms with Gasteiger partial charge in [-0.3, -0.25) is 4.79 Å². The molecule has 0 bridgehead atoms. The van der Waals surface area contributed by atoms with Gasteiger partial charge >= 0.3 is 0 Å². The van der Waals surface area contributed by atoms with Crippen LogP contribution in [-0.4, -0.2) is 15.3 Å². The summed E-state index contributed by atoms with van der Waals surface area (Å²) >= 11 is 5.91. The van der Waals surface area contributed by atoms with Gasteiger partial charge in [0.1, 0.15) is 11.4 Å². The number of amides is 1. The van der Waals surface area contributed by atoms with E-state index in [2.05, 4.69) is 10.3 Å². The van der Waals surface area contributed by atoms with E-state index in [0.29, 0.717) is 17.3 Å². The number of carbonyl (C=O) groups is 1. The van der Waals surface area contributed by atoms with Crippen molar-refractivity contribution in [1.82, 2.24) is 14.7 Å². The molecule has 0 saturated carbocycles. The van der Waals surface area contributed by atoms with Gasteiger partial charge in [-0.1, -0.05) is 11.6 Å². The van der Waals surface area contributed by atoms with E-state index in [1.54, 1.807) is 36.7 Å². The number of fused-ring (bicyclic) bond motifs is 1. The Hall–Kier alpha value is -2.53. The lowest BCUT2D eigenvalue weighted by Gasteiger charge is -1.97. The van der Waals surface area contributed by atoms with E-state index in [1.807, 2.05) is 16.7 Å². The van der Waals surface area contributed by atoms with Crippen LogP contribution < -0.4 is 5.32 Å². The lowest BCUT2D eigenvalue weighted by atomic mass is 10.4. The third-order valence-corrected chi connectivity index (χ3v) is 3.07. The Bertz CT molecular complexity index is 790. The summed E-state index contributed by atoms with van der Waals surface area (Å²) in [7, 11) is 0. The molecule has 0 radical (unpaired) electrons. The molecule has 3 rings (SSSR count). The summed E-state index contributed by atoms with van der Waals surface area (Å²) in [5.41, 5.74) is 1.55. The normalized spacial score (nSPS) is 11.3. The summed E-state index contributed by atoms with van der Waals surface area (Å²) in [5.74, 6) is 0.425. The van der Waals surface area contributed by atoms with Crippen LogP contribution in [0.1, 0.15) is 11.5 Å². The van der Waals surface area contributed by atoms with Crippen molar-refractivity contribution in [3.05, 3.63) is 65.5 Å². The van der Waals surface area contributed by atoms with E-state index in [1.165, 1.54) is 6.08 Å². The molecule has 0 aliphatic carbocycles. The van der Waals surface area contributed by atoms with Crippen LogP contribution in [0.15, 0.2) is 53.4 Å². The summed E-state index contributed by atoms with van der Waals surface area (Å²) in [6, 6.07) is 7.14. The van der Waals surface area contributed by atoms with Crippen molar-refractivity contribution in [3.8, 4) is 0 Å². The first-order valence-corrected chi connectivity index (χ1v) is 6.71. The van der Waals surface area contributed by atoms with Gasteiger partial charge in [-0.25, -0.2) is 4.98 Å². The number of carbonyl (C=O) groups excluding carboxylic acids is 1. The van der Waals surface area contributed by atoms with E-state index in [0.717, 1.165) is 11.3 Å². The standard InChI is InChI=1S/C15H12ClN3O2/c16-11-3-5-14-18-12(10-19(14)9-11)8-17-15(20)6-4-13-2-1-7-21-13/h1-7,9-10H,8H2,(H,17,20)/b6-4+. The number of hydrogen-bond donors (Lipinski definition) is 1. The average molecular weight is 302 g/mol. The molecule has 0 spiro atoms. The van der Waals surface area contributed by atoms with Crippen molar-refractivity contribution in [2.45, 2.75) is 6.54 Å². The van der Waals surface area contributed by atoms with Crippen LogP contribution in [0.4, 0.5) is 0 Å². The number of halogens is 1. The van der Waals surface area contributed by atoms with Crippen molar-refractivity contribution < 1.29 is 9.21 Å². The van der Waals surface area contributed by atoms with Crippen LogP contribution in [0, 0.1) is 0 Å². The lowest BCUT2D eigenvalue weighted by Crippen LogP contribution is -2.20. The number of nitrogens with zero attached hydrogens (tertiary/aromatic N) is 2. The first kappa shape index (κ1) is 13.5. The summed E-state index contributed by atoms with van der Waals surface area (Å²) in [6.45, 7) is 0.348. The van der Waals surface area contributed by atoms with Gasteiger partial charge in [0.05, 0.1) is 23.5 Å². The number of pyridine rings is 1. The van der Waals surface area contributed by atoms with Gasteiger partial charge in [-0.15, -0.1) is 0 Å². The molecule has 0 aromatic carbocycles. The summed E-state index contributed by atoms with van der Waals surface area (Å²) in [6.07, 6.45) is 8.19.